The summed E-state index contributed by atoms with van der Waals surface area (Å²) < 4.78 is 0. The third-order valence-electron chi connectivity index (χ3n) is 6.94. The van der Waals surface area contributed by atoms with Gasteiger partial charge in [0.1, 0.15) is 11.9 Å². The quantitative estimate of drug-likeness (QED) is 0.636. The molecule has 2 atom stereocenters. The summed E-state index contributed by atoms with van der Waals surface area (Å²) in [4.78, 5) is 27.3. The molecule has 9 heteroatoms. The number of rotatable bonds is 6. The Morgan fingerprint density at radius 3 is 2.81 bits per heavy atom. The summed E-state index contributed by atoms with van der Waals surface area (Å²) in [6.07, 6.45) is 5.84. The fourth-order valence-electron chi connectivity index (χ4n) is 5.10. The molecule has 5 rings (SSSR count). The molecule has 0 bridgehead atoms. The Morgan fingerprint density at radius 2 is 2.06 bits per heavy atom. The molecule has 1 amide bonds. The van der Waals surface area contributed by atoms with Gasteiger partial charge in [-0.3, -0.25) is 9.89 Å². The van der Waals surface area contributed by atoms with Crippen molar-refractivity contribution in [2.75, 3.05) is 36.9 Å². The number of likely N-dealkylation sites (N-methyl/N-ethyl adjacent to an activating group) is 1. The van der Waals surface area contributed by atoms with Crippen LogP contribution in [0, 0.1) is 0 Å². The molecule has 2 aromatic rings. The number of aryl methyl sites for hydroxylation is 1. The first-order chi connectivity index (χ1) is 15.5. The second-order valence-corrected chi connectivity index (χ2v) is 9.75. The van der Waals surface area contributed by atoms with Crippen LogP contribution < -0.4 is 15.5 Å². The summed E-state index contributed by atoms with van der Waals surface area (Å²) in [6.45, 7) is 7.04. The summed E-state index contributed by atoms with van der Waals surface area (Å²) in [5.74, 6) is 2.75. The predicted octanol–water partition coefficient (Wildman–Crippen LogP) is 2.34. The van der Waals surface area contributed by atoms with Gasteiger partial charge in [-0.15, -0.1) is 0 Å². The Kier molecular flexibility index (Phi) is 5.75. The Morgan fingerprint density at radius 1 is 1.19 bits per heavy atom. The zero-order chi connectivity index (χ0) is 22.2. The van der Waals surface area contributed by atoms with E-state index in [1.54, 1.807) is 0 Å². The molecule has 3 N–H and O–H groups in total. The molecule has 0 unspecified atom stereocenters. The van der Waals surface area contributed by atoms with E-state index in [9.17, 15) is 4.79 Å². The molecule has 9 nitrogen and oxygen atoms in total. The van der Waals surface area contributed by atoms with Gasteiger partial charge in [-0.25, -0.2) is 4.98 Å². The molecular weight excluding hydrogens is 404 g/mol. The van der Waals surface area contributed by atoms with Gasteiger partial charge >= 0.3 is 0 Å². The lowest BCUT2D eigenvalue weighted by molar-refractivity contribution is -0.122. The molecule has 2 aliphatic heterocycles. The van der Waals surface area contributed by atoms with E-state index in [-0.39, 0.29) is 18.0 Å². The van der Waals surface area contributed by atoms with Crippen LogP contribution >= 0.6 is 0 Å². The van der Waals surface area contributed by atoms with Crippen molar-refractivity contribution in [1.29, 1.82) is 0 Å². The highest BCUT2D eigenvalue weighted by Gasteiger charge is 2.35. The summed E-state index contributed by atoms with van der Waals surface area (Å²) in [5, 5.41) is 14.2. The molecule has 3 aliphatic rings. The number of hydrogen-bond acceptors (Lipinski definition) is 7. The average Bonchev–Trinajstić information content (AvgIpc) is 3.54. The fraction of sp³-hybridized carbons (Fsp3) is 0.652. The van der Waals surface area contributed by atoms with E-state index in [4.69, 9.17) is 9.97 Å². The molecule has 4 heterocycles. The third kappa shape index (κ3) is 4.18. The van der Waals surface area contributed by atoms with E-state index in [2.05, 4.69) is 51.5 Å². The number of likely N-dealkylation sites (tertiary alicyclic amines) is 1. The summed E-state index contributed by atoms with van der Waals surface area (Å²) in [5.41, 5.74) is 3.37. The number of hydrogen-bond donors (Lipinski definition) is 3. The van der Waals surface area contributed by atoms with Crippen LogP contribution in [0.3, 0.4) is 0 Å². The molecular formula is C23H34N8O. The molecule has 0 aromatic carbocycles. The average molecular weight is 439 g/mol. The van der Waals surface area contributed by atoms with Crippen LogP contribution in [0.1, 0.15) is 62.4 Å². The molecule has 32 heavy (non-hydrogen) atoms. The second kappa shape index (κ2) is 8.69. The fourth-order valence-corrected chi connectivity index (χ4v) is 5.10. The Labute approximate surface area is 189 Å². The second-order valence-electron chi connectivity index (χ2n) is 9.75. The van der Waals surface area contributed by atoms with Crippen LogP contribution in [0.5, 0.6) is 0 Å². The van der Waals surface area contributed by atoms with Crippen LogP contribution in [0.2, 0.25) is 0 Å². The zero-order valence-electron chi connectivity index (χ0n) is 19.3. The van der Waals surface area contributed by atoms with Gasteiger partial charge in [0, 0.05) is 36.5 Å². The highest BCUT2D eigenvalue weighted by Crippen LogP contribution is 2.32. The SMILES string of the molecule is CC(C)c1cc(Nc2nc(N3CCC[C@H]3C(=O)N[C@H]3CCN(C)C3)nc3c2CCC3)n[nH]1. The number of H-pyrrole nitrogens is 1. The monoisotopic (exact) mass is 438 g/mol. The van der Waals surface area contributed by atoms with E-state index in [0.29, 0.717) is 11.9 Å². The van der Waals surface area contributed by atoms with Crippen molar-refractivity contribution in [3.05, 3.63) is 23.0 Å². The summed E-state index contributed by atoms with van der Waals surface area (Å²) in [6, 6.07) is 2.08. The van der Waals surface area contributed by atoms with Gasteiger partial charge in [0.15, 0.2) is 5.82 Å². The van der Waals surface area contributed by atoms with Gasteiger partial charge in [-0.2, -0.15) is 10.1 Å². The molecule has 1 aliphatic carbocycles. The summed E-state index contributed by atoms with van der Waals surface area (Å²) in [7, 11) is 2.10. The number of aromatic amines is 1. The first kappa shape index (κ1) is 21.2. The lowest BCUT2D eigenvalue weighted by Crippen LogP contribution is -2.48. The van der Waals surface area contributed by atoms with Crippen molar-refractivity contribution in [1.82, 2.24) is 30.4 Å². The van der Waals surface area contributed by atoms with Gasteiger partial charge in [0.25, 0.3) is 0 Å². The molecule has 2 aromatic heterocycles. The highest BCUT2D eigenvalue weighted by molar-refractivity contribution is 5.85. The normalized spacial score (nSPS) is 23.2. The maximum Gasteiger partial charge on any atom is 0.243 e. The number of fused-ring (bicyclic) bond motifs is 1. The van der Waals surface area contributed by atoms with E-state index < -0.39 is 0 Å². The van der Waals surface area contributed by atoms with E-state index in [0.717, 1.165) is 81.2 Å². The number of carbonyl (C=O) groups is 1. The third-order valence-corrected chi connectivity index (χ3v) is 6.94. The van der Waals surface area contributed by atoms with Crippen LogP contribution in [-0.4, -0.2) is 69.7 Å². The lowest BCUT2D eigenvalue weighted by atomic mass is 10.1. The smallest absolute Gasteiger partial charge is 0.243 e. The minimum absolute atomic E-state index is 0.107. The van der Waals surface area contributed by atoms with Crippen molar-refractivity contribution in [2.45, 2.75) is 70.4 Å². The number of nitrogens with zero attached hydrogens (tertiary/aromatic N) is 5. The maximum atomic E-state index is 13.1. The van der Waals surface area contributed by atoms with Gasteiger partial charge in [0.05, 0.1) is 5.69 Å². The van der Waals surface area contributed by atoms with Gasteiger partial charge in [-0.05, 0) is 58.0 Å². The Hall–Kier alpha value is -2.68. The van der Waals surface area contributed by atoms with E-state index in [1.807, 2.05) is 6.07 Å². The lowest BCUT2D eigenvalue weighted by Gasteiger charge is -2.26. The Balaban J connectivity index is 1.37. The molecule has 2 fully saturated rings. The molecule has 0 saturated carbocycles. The van der Waals surface area contributed by atoms with Crippen LogP contribution in [0.4, 0.5) is 17.6 Å². The minimum Gasteiger partial charge on any atom is -0.350 e. The standard InChI is InChI=1S/C23H34N8O/c1-14(2)18-12-20(29-28-18)26-21-16-6-4-7-17(16)25-23(27-21)31-10-5-8-19(31)22(32)24-15-9-11-30(3)13-15/h12,14-15,19H,4-11,13H2,1-3H3,(H,24,32)(H2,25,26,27,28,29)/t15-,19-/m0/s1. The zero-order valence-corrected chi connectivity index (χ0v) is 19.3. The summed E-state index contributed by atoms with van der Waals surface area (Å²) >= 11 is 0. The van der Waals surface area contributed by atoms with Crippen molar-refractivity contribution in [2.24, 2.45) is 0 Å². The Bertz CT molecular complexity index is 986. The highest BCUT2D eigenvalue weighted by atomic mass is 16.2. The molecule has 172 valence electrons. The first-order valence-electron chi connectivity index (χ1n) is 12.0. The molecule has 2 saturated heterocycles. The van der Waals surface area contributed by atoms with E-state index in [1.165, 1.54) is 5.56 Å². The molecule has 0 spiro atoms. The predicted molar refractivity (Wildman–Crippen MR) is 124 cm³/mol. The largest absolute Gasteiger partial charge is 0.350 e. The van der Waals surface area contributed by atoms with Crippen LogP contribution in [0.15, 0.2) is 6.07 Å². The van der Waals surface area contributed by atoms with Crippen molar-refractivity contribution in [3.63, 3.8) is 0 Å². The number of carbonyl (C=O) groups excluding carboxylic acids is 1. The topological polar surface area (TPSA) is 102 Å². The number of anilines is 3. The van der Waals surface area contributed by atoms with Crippen LogP contribution in [0.25, 0.3) is 0 Å². The van der Waals surface area contributed by atoms with E-state index >= 15 is 0 Å². The van der Waals surface area contributed by atoms with Gasteiger partial charge < -0.3 is 20.4 Å². The first-order valence-corrected chi connectivity index (χ1v) is 12.0. The number of aromatic nitrogens is 4. The van der Waals surface area contributed by atoms with Gasteiger partial charge in [0.2, 0.25) is 11.9 Å². The van der Waals surface area contributed by atoms with Crippen LogP contribution in [-0.2, 0) is 17.6 Å². The van der Waals surface area contributed by atoms with Crippen molar-refractivity contribution >= 4 is 23.5 Å². The van der Waals surface area contributed by atoms with Crippen molar-refractivity contribution in [3.8, 4) is 0 Å². The minimum atomic E-state index is -0.203. The number of amides is 1. The van der Waals surface area contributed by atoms with Gasteiger partial charge in [-0.1, -0.05) is 13.8 Å². The maximum absolute atomic E-state index is 13.1. The molecule has 0 radical (unpaired) electrons. The number of nitrogens with one attached hydrogen (secondary N) is 3. The van der Waals surface area contributed by atoms with Crippen molar-refractivity contribution < 1.29 is 4.79 Å².